The molecular formula is C34H23NS. The van der Waals surface area contributed by atoms with Crippen molar-refractivity contribution in [2.24, 2.45) is 0 Å². The number of rotatable bonds is 4. The summed E-state index contributed by atoms with van der Waals surface area (Å²) in [6, 6.07) is 47.8. The minimum atomic E-state index is 1.09. The van der Waals surface area contributed by atoms with Crippen molar-refractivity contribution in [2.75, 3.05) is 5.32 Å². The number of anilines is 2. The third-order valence-corrected chi connectivity index (χ3v) is 8.02. The Labute approximate surface area is 214 Å². The number of nitrogens with one attached hydrogen (secondary N) is 1. The molecule has 7 rings (SSSR count). The van der Waals surface area contributed by atoms with Gasteiger partial charge in [0.15, 0.2) is 0 Å². The molecule has 0 fully saturated rings. The molecule has 1 aromatic heterocycles. The van der Waals surface area contributed by atoms with E-state index >= 15 is 0 Å². The van der Waals surface area contributed by atoms with Crippen LogP contribution in [0.3, 0.4) is 0 Å². The molecule has 0 unspecified atom stereocenters. The Kier molecular flexibility index (Phi) is 5.04. The van der Waals surface area contributed by atoms with Crippen LogP contribution in [0.4, 0.5) is 11.4 Å². The summed E-state index contributed by atoms with van der Waals surface area (Å²) in [6.07, 6.45) is 0. The molecule has 2 heteroatoms. The molecule has 7 aromatic rings. The first-order valence-electron chi connectivity index (χ1n) is 12.2. The zero-order chi connectivity index (χ0) is 23.9. The molecule has 0 spiro atoms. The highest BCUT2D eigenvalue weighted by Crippen LogP contribution is 2.43. The first-order chi connectivity index (χ1) is 17.8. The van der Waals surface area contributed by atoms with Gasteiger partial charge in [-0.2, -0.15) is 0 Å². The van der Waals surface area contributed by atoms with Crippen LogP contribution in [0.5, 0.6) is 0 Å². The van der Waals surface area contributed by atoms with E-state index in [-0.39, 0.29) is 0 Å². The van der Waals surface area contributed by atoms with Gasteiger partial charge in [-0.3, -0.25) is 0 Å². The highest BCUT2D eigenvalue weighted by atomic mass is 32.1. The van der Waals surface area contributed by atoms with Crippen molar-refractivity contribution >= 4 is 53.7 Å². The summed E-state index contributed by atoms with van der Waals surface area (Å²) >= 11 is 1.86. The summed E-state index contributed by atoms with van der Waals surface area (Å²) in [6.45, 7) is 0. The Hall–Kier alpha value is -4.40. The average Bonchev–Trinajstić information content (AvgIpc) is 3.34. The summed E-state index contributed by atoms with van der Waals surface area (Å²) in [5, 5.41) is 8.99. The zero-order valence-electron chi connectivity index (χ0n) is 19.6. The van der Waals surface area contributed by atoms with Gasteiger partial charge in [0.2, 0.25) is 0 Å². The molecule has 0 saturated heterocycles. The van der Waals surface area contributed by atoms with Crippen LogP contribution in [-0.4, -0.2) is 0 Å². The molecule has 6 aromatic carbocycles. The number of thiophene rings is 1. The van der Waals surface area contributed by atoms with Crippen molar-refractivity contribution in [2.45, 2.75) is 0 Å². The molecule has 1 N–H and O–H groups in total. The van der Waals surface area contributed by atoms with Gasteiger partial charge in [0.1, 0.15) is 0 Å². The predicted octanol–water partition coefficient (Wildman–Crippen LogP) is 10.3. The lowest BCUT2D eigenvalue weighted by Gasteiger charge is -2.12. The minimum absolute atomic E-state index is 1.09. The van der Waals surface area contributed by atoms with E-state index in [1.807, 2.05) is 11.3 Å². The fourth-order valence-corrected chi connectivity index (χ4v) is 6.30. The Morgan fingerprint density at radius 1 is 0.472 bits per heavy atom. The molecule has 0 aliphatic heterocycles. The molecule has 36 heavy (non-hydrogen) atoms. The van der Waals surface area contributed by atoms with Gasteiger partial charge in [-0.05, 0) is 63.4 Å². The van der Waals surface area contributed by atoms with E-state index in [2.05, 4.69) is 139 Å². The second-order valence-electron chi connectivity index (χ2n) is 9.10. The Morgan fingerprint density at radius 3 is 1.97 bits per heavy atom. The lowest BCUT2D eigenvalue weighted by molar-refractivity contribution is 1.56. The summed E-state index contributed by atoms with van der Waals surface area (Å²) in [5.74, 6) is 0. The van der Waals surface area contributed by atoms with Crippen LogP contribution < -0.4 is 5.32 Å². The SMILES string of the molecule is c1ccc(-c2cccc(-c3cccc(Nc4cc5ccccc5c5c4sc4ccccc45)c3)c2)cc1. The van der Waals surface area contributed by atoms with Crippen molar-refractivity contribution in [3.63, 3.8) is 0 Å². The van der Waals surface area contributed by atoms with Gasteiger partial charge in [0.25, 0.3) is 0 Å². The van der Waals surface area contributed by atoms with Gasteiger partial charge in [-0.25, -0.2) is 0 Å². The molecule has 0 aliphatic rings. The van der Waals surface area contributed by atoms with Gasteiger partial charge in [-0.15, -0.1) is 11.3 Å². The molecule has 1 heterocycles. The predicted molar refractivity (Wildman–Crippen MR) is 157 cm³/mol. The summed E-state index contributed by atoms with van der Waals surface area (Å²) in [7, 11) is 0. The van der Waals surface area contributed by atoms with Gasteiger partial charge in [0, 0.05) is 21.2 Å². The van der Waals surface area contributed by atoms with Crippen molar-refractivity contribution < 1.29 is 0 Å². The normalized spacial score (nSPS) is 11.3. The Morgan fingerprint density at radius 2 is 1.11 bits per heavy atom. The van der Waals surface area contributed by atoms with E-state index in [0.29, 0.717) is 0 Å². The van der Waals surface area contributed by atoms with Gasteiger partial charge in [-0.1, -0.05) is 103 Å². The van der Waals surface area contributed by atoms with Gasteiger partial charge >= 0.3 is 0 Å². The lowest BCUT2D eigenvalue weighted by Crippen LogP contribution is -1.92. The van der Waals surface area contributed by atoms with E-state index in [9.17, 15) is 0 Å². The molecule has 0 atom stereocenters. The van der Waals surface area contributed by atoms with E-state index in [0.717, 1.165) is 11.4 Å². The zero-order valence-corrected chi connectivity index (χ0v) is 20.4. The number of fused-ring (bicyclic) bond motifs is 5. The largest absolute Gasteiger partial charge is 0.354 e. The van der Waals surface area contributed by atoms with Crippen LogP contribution in [0.1, 0.15) is 0 Å². The summed E-state index contributed by atoms with van der Waals surface area (Å²) in [5.41, 5.74) is 7.12. The fraction of sp³-hybridized carbons (Fsp3) is 0. The molecule has 170 valence electrons. The standard InChI is InChI=1S/C34H23NS/c1-2-10-23(11-3-1)24-13-8-14-25(20-24)26-15-9-16-28(21-26)35-31-22-27-12-4-5-17-29(27)33-30-18-6-7-19-32(30)36-34(31)33/h1-22,35H. The fourth-order valence-electron chi connectivity index (χ4n) is 5.11. The van der Waals surface area contributed by atoms with E-state index in [4.69, 9.17) is 0 Å². The minimum Gasteiger partial charge on any atom is -0.354 e. The second kappa shape index (κ2) is 8.67. The van der Waals surface area contributed by atoms with Gasteiger partial charge < -0.3 is 5.32 Å². The lowest BCUT2D eigenvalue weighted by atomic mass is 9.99. The molecule has 0 radical (unpaired) electrons. The third-order valence-electron chi connectivity index (χ3n) is 6.81. The molecule has 1 nitrogen and oxygen atoms in total. The molecule has 0 saturated carbocycles. The van der Waals surface area contributed by atoms with E-state index < -0.39 is 0 Å². The topological polar surface area (TPSA) is 12.0 Å². The van der Waals surface area contributed by atoms with Crippen LogP contribution in [0.25, 0.3) is 53.2 Å². The van der Waals surface area contributed by atoms with E-state index in [1.54, 1.807) is 0 Å². The highest BCUT2D eigenvalue weighted by Gasteiger charge is 2.13. The monoisotopic (exact) mass is 477 g/mol. The van der Waals surface area contributed by atoms with Crippen LogP contribution in [0, 0.1) is 0 Å². The molecule has 0 aliphatic carbocycles. The second-order valence-corrected chi connectivity index (χ2v) is 10.2. The van der Waals surface area contributed by atoms with Gasteiger partial charge in [0.05, 0.1) is 10.4 Å². The number of hydrogen-bond acceptors (Lipinski definition) is 2. The maximum absolute atomic E-state index is 3.77. The van der Waals surface area contributed by atoms with Crippen LogP contribution in [0.15, 0.2) is 133 Å². The Balaban J connectivity index is 1.33. The van der Waals surface area contributed by atoms with Crippen molar-refractivity contribution in [3.05, 3.63) is 133 Å². The summed E-state index contributed by atoms with van der Waals surface area (Å²) < 4.78 is 2.62. The van der Waals surface area contributed by atoms with Crippen LogP contribution in [-0.2, 0) is 0 Å². The van der Waals surface area contributed by atoms with Crippen molar-refractivity contribution in [3.8, 4) is 22.3 Å². The highest BCUT2D eigenvalue weighted by molar-refractivity contribution is 7.26. The van der Waals surface area contributed by atoms with Crippen LogP contribution >= 0.6 is 11.3 Å². The first-order valence-corrected chi connectivity index (χ1v) is 13.0. The third kappa shape index (κ3) is 3.64. The number of benzene rings is 6. The molecule has 0 bridgehead atoms. The van der Waals surface area contributed by atoms with Crippen LogP contribution in [0.2, 0.25) is 0 Å². The molecule has 0 amide bonds. The maximum atomic E-state index is 3.77. The average molecular weight is 478 g/mol. The van der Waals surface area contributed by atoms with Crippen molar-refractivity contribution in [1.82, 2.24) is 0 Å². The Bertz CT molecular complexity index is 1860. The maximum Gasteiger partial charge on any atom is 0.0596 e. The smallest absolute Gasteiger partial charge is 0.0596 e. The first kappa shape index (κ1) is 20.9. The number of hydrogen-bond donors (Lipinski definition) is 1. The van der Waals surface area contributed by atoms with E-state index in [1.165, 1.54) is 53.2 Å². The quantitative estimate of drug-likeness (QED) is 0.266. The van der Waals surface area contributed by atoms with Crippen molar-refractivity contribution in [1.29, 1.82) is 0 Å². The molecular weight excluding hydrogens is 454 g/mol. The summed E-state index contributed by atoms with van der Waals surface area (Å²) in [4.78, 5) is 0.